The standard InChI is InChI=1S/C13H22N2O3S/c1-10(2)13-6-5-12(11(3)14-13)9-15(7-8-16)19(4,17)18/h5-6,10,16H,7-9H2,1-4H3. The molecule has 108 valence electrons. The summed E-state index contributed by atoms with van der Waals surface area (Å²) in [5.74, 6) is 0.344. The number of hydrogen-bond acceptors (Lipinski definition) is 4. The summed E-state index contributed by atoms with van der Waals surface area (Å²) in [6.45, 7) is 6.16. The Labute approximate surface area is 115 Å². The van der Waals surface area contributed by atoms with Crippen molar-refractivity contribution in [1.29, 1.82) is 0 Å². The van der Waals surface area contributed by atoms with Gasteiger partial charge in [-0.1, -0.05) is 19.9 Å². The van der Waals surface area contributed by atoms with Crippen molar-refractivity contribution in [3.05, 3.63) is 29.1 Å². The molecule has 5 nitrogen and oxygen atoms in total. The van der Waals surface area contributed by atoms with Gasteiger partial charge in [-0.2, -0.15) is 4.31 Å². The summed E-state index contributed by atoms with van der Waals surface area (Å²) in [5.41, 5.74) is 2.69. The first-order valence-electron chi connectivity index (χ1n) is 6.28. The molecule has 1 aromatic heterocycles. The van der Waals surface area contributed by atoms with E-state index in [9.17, 15) is 8.42 Å². The molecular weight excluding hydrogens is 264 g/mol. The lowest BCUT2D eigenvalue weighted by molar-refractivity contribution is 0.251. The van der Waals surface area contributed by atoms with Gasteiger partial charge in [0.25, 0.3) is 0 Å². The molecule has 0 aliphatic heterocycles. The van der Waals surface area contributed by atoms with Gasteiger partial charge in [0.1, 0.15) is 0 Å². The first kappa shape index (κ1) is 16.1. The molecule has 19 heavy (non-hydrogen) atoms. The van der Waals surface area contributed by atoms with E-state index in [0.29, 0.717) is 5.92 Å². The van der Waals surface area contributed by atoms with Crippen LogP contribution in [0.5, 0.6) is 0 Å². The number of aromatic nitrogens is 1. The zero-order chi connectivity index (χ0) is 14.6. The van der Waals surface area contributed by atoms with Crippen molar-refractivity contribution < 1.29 is 13.5 Å². The van der Waals surface area contributed by atoms with Gasteiger partial charge in [0.2, 0.25) is 10.0 Å². The summed E-state index contributed by atoms with van der Waals surface area (Å²) < 4.78 is 24.5. The maximum atomic E-state index is 11.6. The fraction of sp³-hybridized carbons (Fsp3) is 0.615. The van der Waals surface area contributed by atoms with Crippen LogP contribution in [0.25, 0.3) is 0 Å². The maximum Gasteiger partial charge on any atom is 0.211 e. The number of aliphatic hydroxyl groups is 1. The summed E-state index contributed by atoms with van der Waals surface area (Å²) in [4.78, 5) is 4.48. The molecule has 1 heterocycles. The molecule has 0 saturated heterocycles. The number of nitrogens with zero attached hydrogens (tertiary/aromatic N) is 2. The molecule has 1 N–H and O–H groups in total. The van der Waals surface area contributed by atoms with Gasteiger partial charge < -0.3 is 5.11 Å². The fourth-order valence-corrected chi connectivity index (χ4v) is 2.55. The van der Waals surface area contributed by atoms with Crippen molar-refractivity contribution in [2.24, 2.45) is 0 Å². The largest absolute Gasteiger partial charge is 0.395 e. The molecule has 6 heteroatoms. The van der Waals surface area contributed by atoms with Gasteiger partial charge in [0.05, 0.1) is 12.9 Å². The minimum absolute atomic E-state index is 0.101. The molecular formula is C13H22N2O3S. The number of aryl methyl sites for hydroxylation is 1. The predicted molar refractivity (Wildman–Crippen MR) is 75.4 cm³/mol. The number of rotatable bonds is 6. The normalized spacial score (nSPS) is 12.4. The molecule has 0 aliphatic rings. The van der Waals surface area contributed by atoms with Gasteiger partial charge in [-0.25, -0.2) is 8.42 Å². The number of hydrogen-bond donors (Lipinski definition) is 1. The maximum absolute atomic E-state index is 11.6. The third-order valence-electron chi connectivity index (χ3n) is 2.97. The first-order chi connectivity index (χ1) is 8.75. The van der Waals surface area contributed by atoms with Crippen LogP contribution >= 0.6 is 0 Å². The third kappa shape index (κ3) is 4.56. The third-order valence-corrected chi connectivity index (χ3v) is 4.22. The number of sulfonamides is 1. The van der Waals surface area contributed by atoms with E-state index in [1.165, 1.54) is 4.31 Å². The minimum atomic E-state index is -3.32. The molecule has 0 saturated carbocycles. The van der Waals surface area contributed by atoms with E-state index in [1.54, 1.807) is 0 Å². The minimum Gasteiger partial charge on any atom is -0.395 e. The molecule has 1 rings (SSSR count). The molecule has 0 radical (unpaired) electrons. The number of aliphatic hydroxyl groups excluding tert-OH is 1. The van der Waals surface area contributed by atoms with E-state index in [2.05, 4.69) is 18.8 Å². The second-order valence-electron chi connectivity index (χ2n) is 4.96. The zero-order valence-electron chi connectivity index (χ0n) is 11.9. The van der Waals surface area contributed by atoms with Gasteiger partial charge in [-0.15, -0.1) is 0 Å². The molecule has 0 aromatic carbocycles. The summed E-state index contributed by atoms with van der Waals surface area (Å²) in [5, 5.41) is 8.94. The Kier molecular flexibility index (Phi) is 5.46. The molecule has 0 aliphatic carbocycles. The van der Waals surface area contributed by atoms with Crippen LogP contribution in [0.4, 0.5) is 0 Å². The second-order valence-corrected chi connectivity index (χ2v) is 6.94. The highest BCUT2D eigenvalue weighted by molar-refractivity contribution is 7.88. The van der Waals surface area contributed by atoms with Crippen LogP contribution in [-0.2, 0) is 16.6 Å². The van der Waals surface area contributed by atoms with Gasteiger partial charge >= 0.3 is 0 Å². The lowest BCUT2D eigenvalue weighted by Gasteiger charge is -2.20. The Bertz CT molecular complexity index is 527. The summed E-state index contributed by atoms with van der Waals surface area (Å²) >= 11 is 0. The van der Waals surface area contributed by atoms with E-state index in [4.69, 9.17) is 5.11 Å². The monoisotopic (exact) mass is 286 g/mol. The van der Waals surface area contributed by atoms with Crippen molar-refractivity contribution in [1.82, 2.24) is 9.29 Å². The van der Waals surface area contributed by atoms with Crippen molar-refractivity contribution in [3.63, 3.8) is 0 Å². The van der Waals surface area contributed by atoms with E-state index in [-0.39, 0.29) is 19.7 Å². The van der Waals surface area contributed by atoms with E-state index in [0.717, 1.165) is 23.2 Å². The van der Waals surface area contributed by atoms with E-state index in [1.807, 2.05) is 19.1 Å². The van der Waals surface area contributed by atoms with Crippen LogP contribution in [0, 0.1) is 6.92 Å². The SMILES string of the molecule is Cc1nc(C(C)C)ccc1CN(CCO)S(C)(=O)=O. The highest BCUT2D eigenvalue weighted by Gasteiger charge is 2.17. The fourth-order valence-electron chi connectivity index (χ4n) is 1.76. The highest BCUT2D eigenvalue weighted by atomic mass is 32.2. The smallest absolute Gasteiger partial charge is 0.211 e. The van der Waals surface area contributed by atoms with Crippen LogP contribution in [0.15, 0.2) is 12.1 Å². The van der Waals surface area contributed by atoms with Crippen molar-refractivity contribution >= 4 is 10.0 Å². The topological polar surface area (TPSA) is 70.5 Å². The molecule has 0 spiro atoms. The van der Waals surface area contributed by atoms with Crippen LogP contribution in [0.2, 0.25) is 0 Å². The van der Waals surface area contributed by atoms with Crippen LogP contribution in [0.1, 0.15) is 36.7 Å². The lowest BCUT2D eigenvalue weighted by atomic mass is 10.1. The molecule has 1 aromatic rings. The summed E-state index contributed by atoms with van der Waals surface area (Å²) in [6.07, 6.45) is 1.15. The molecule has 0 bridgehead atoms. The van der Waals surface area contributed by atoms with Crippen LogP contribution in [0.3, 0.4) is 0 Å². The molecule has 0 atom stereocenters. The second kappa shape index (κ2) is 6.45. The number of pyridine rings is 1. The zero-order valence-corrected chi connectivity index (χ0v) is 12.7. The molecule has 0 amide bonds. The Morgan fingerprint density at radius 3 is 2.42 bits per heavy atom. The van der Waals surface area contributed by atoms with Crippen molar-refractivity contribution in [3.8, 4) is 0 Å². The van der Waals surface area contributed by atoms with Crippen molar-refractivity contribution in [2.75, 3.05) is 19.4 Å². The van der Waals surface area contributed by atoms with Gasteiger partial charge in [-0.05, 0) is 24.5 Å². The Hall–Kier alpha value is -0.980. The van der Waals surface area contributed by atoms with Gasteiger partial charge in [-0.3, -0.25) is 4.98 Å². The van der Waals surface area contributed by atoms with E-state index >= 15 is 0 Å². The highest BCUT2D eigenvalue weighted by Crippen LogP contribution is 2.16. The van der Waals surface area contributed by atoms with Gasteiger partial charge in [0.15, 0.2) is 0 Å². The Morgan fingerprint density at radius 1 is 1.37 bits per heavy atom. The average Bonchev–Trinajstić information content (AvgIpc) is 2.29. The summed E-state index contributed by atoms with van der Waals surface area (Å²) in [7, 11) is -3.32. The van der Waals surface area contributed by atoms with E-state index < -0.39 is 10.0 Å². The summed E-state index contributed by atoms with van der Waals surface area (Å²) in [6, 6.07) is 3.83. The molecule has 0 unspecified atom stereocenters. The van der Waals surface area contributed by atoms with Crippen LogP contribution < -0.4 is 0 Å². The Morgan fingerprint density at radius 2 is 2.00 bits per heavy atom. The Balaban J connectivity index is 2.98. The average molecular weight is 286 g/mol. The lowest BCUT2D eigenvalue weighted by Crippen LogP contribution is -2.32. The quantitative estimate of drug-likeness (QED) is 0.855. The molecule has 0 fully saturated rings. The van der Waals surface area contributed by atoms with Crippen molar-refractivity contribution in [2.45, 2.75) is 33.2 Å². The van der Waals surface area contributed by atoms with Crippen LogP contribution in [-0.4, -0.2) is 42.2 Å². The first-order valence-corrected chi connectivity index (χ1v) is 8.13. The predicted octanol–water partition coefficient (Wildman–Crippen LogP) is 1.27. The van der Waals surface area contributed by atoms with Gasteiger partial charge in [0, 0.05) is 24.5 Å².